The number of carbonyl (C=O) groups is 1. The van der Waals surface area contributed by atoms with E-state index in [0.717, 1.165) is 51.9 Å². The number of pyridine rings is 1. The summed E-state index contributed by atoms with van der Waals surface area (Å²) >= 11 is 0. The van der Waals surface area contributed by atoms with Crippen molar-refractivity contribution in [3.8, 4) is 5.75 Å². The Kier molecular flexibility index (Phi) is 3.23. The first-order valence-electron chi connectivity index (χ1n) is 7.60. The Hall–Kier alpha value is -2.88. The molecule has 1 N–H and O–H groups in total. The third-order valence-corrected chi connectivity index (χ3v) is 4.33. The second-order valence-corrected chi connectivity index (χ2v) is 5.67. The van der Waals surface area contributed by atoms with Crippen LogP contribution in [0.25, 0.3) is 17.1 Å². The predicted molar refractivity (Wildman–Crippen MR) is 89.7 cm³/mol. The van der Waals surface area contributed by atoms with Crippen LogP contribution >= 0.6 is 0 Å². The normalized spacial score (nSPS) is 15.9. The van der Waals surface area contributed by atoms with Gasteiger partial charge in [-0.1, -0.05) is 0 Å². The highest BCUT2D eigenvalue weighted by molar-refractivity contribution is 6.13. The quantitative estimate of drug-likeness (QED) is 0.733. The number of rotatable bonds is 2. The molecule has 0 saturated carbocycles. The van der Waals surface area contributed by atoms with E-state index in [1.165, 1.54) is 0 Å². The zero-order valence-corrected chi connectivity index (χ0v) is 12.8. The number of allylic oxidation sites excluding steroid dienone is 1. The van der Waals surface area contributed by atoms with Gasteiger partial charge in [-0.2, -0.15) is 0 Å². The van der Waals surface area contributed by atoms with Crippen molar-refractivity contribution in [2.75, 3.05) is 7.11 Å². The van der Waals surface area contributed by atoms with Crippen LogP contribution in [0.3, 0.4) is 0 Å². The number of nitrogens with zero attached hydrogens (tertiary/aromatic N) is 1. The van der Waals surface area contributed by atoms with E-state index >= 15 is 0 Å². The molecule has 4 nitrogen and oxygen atoms in total. The number of aromatic amines is 1. The third kappa shape index (κ3) is 2.32. The smallest absolute Gasteiger partial charge is 0.189 e. The minimum atomic E-state index is 0.104. The van der Waals surface area contributed by atoms with Crippen LogP contribution in [0.5, 0.6) is 5.75 Å². The average Bonchev–Trinajstić information content (AvgIpc) is 3.00. The fraction of sp³-hybridized carbons (Fsp3) is 0.158. The molecule has 2 heterocycles. The van der Waals surface area contributed by atoms with Gasteiger partial charge >= 0.3 is 0 Å². The van der Waals surface area contributed by atoms with Crippen molar-refractivity contribution in [1.29, 1.82) is 0 Å². The number of nitrogens with one attached hydrogen (secondary N) is 1. The molecule has 0 amide bonds. The number of hydrogen-bond donors (Lipinski definition) is 1. The number of aryl methyl sites for hydroxylation is 1. The largest absolute Gasteiger partial charge is 0.497 e. The maximum absolute atomic E-state index is 12.7. The Morgan fingerprint density at radius 3 is 3.04 bits per heavy atom. The summed E-state index contributed by atoms with van der Waals surface area (Å²) in [4.78, 5) is 20.2. The van der Waals surface area contributed by atoms with Crippen LogP contribution in [-0.4, -0.2) is 22.9 Å². The maximum Gasteiger partial charge on any atom is 0.189 e. The van der Waals surface area contributed by atoms with Crippen molar-refractivity contribution < 1.29 is 9.53 Å². The number of H-pyrrole nitrogens is 1. The standard InChI is InChI=1S/C19H16N2O2/c1-23-15-6-7-16-12(10-15)4-5-13(18(16)22)9-14-11-21-19-17(14)3-2-8-20-19/h2-3,6-11H,4-5H2,1H3,(H,20,21)/b13-9+. The lowest BCUT2D eigenvalue weighted by Gasteiger charge is -2.18. The molecule has 0 spiro atoms. The Balaban J connectivity index is 1.74. The van der Waals surface area contributed by atoms with E-state index in [9.17, 15) is 4.79 Å². The molecule has 114 valence electrons. The van der Waals surface area contributed by atoms with E-state index in [0.29, 0.717) is 0 Å². The summed E-state index contributed by atoms with van der Waals surface area (Å²) in [6.45, 7) is 0. The van der Waals surface area contributed by atoms with Gasteiger partial charge in [0.2, 0.25) is 0 Å². The molecule has 1 aliphatic rings. The first-order chi connectivity index (χ1) is 11.3. The average molecular weight is 304 g/mol. The van der Waals surface area contributed by atoms with Crippen LogP contribution in [0, 0.1) is 0 Å². The molecule has 3 aromatic rings. The van der Waals surface area contributed by atoms with Crippen LogP contribution in [0.2, 0.25) is 0 Å². The number of Topliss-reactive ketones (excluding diaryl/α,β-unsaturated/α-hetero) is 1. The van der Waals surface area contributed by atoms with Crippen molar-refractivity contribution in [1.82, 2.24) is 9.97 Å². The molecule has 0 bridgehead atoms. The lowest BCUT2D eigenvalue weighted by molar-refractivity contribution is 0.102. The van der Waals surface area contributed by atoms with Crippen LogP contribution < -0.4 is 4.74 Å². The van der Waals surface area contributed by atoms with Crippen LogP contribution in [0.1, 0.15) is 27.9 Å². The molecule has 4 heteroatoms. The van der Waals surface area contributed by atoms with E-state index < -0.39 is 0 Å². The van der Waals surface area contributed by atoms with Crippen molar-refractivity contribution in [3.05, 3.63) is 65.0 Å². The third-order valence-electron chi connectivity index (χ3n) is 4.33. The van der Waals surface area contributed by atoms with Gasteiger partial charge in [0, 0.05) is 34.5 Å². The summed E-state index contributed by atoms with van der Waals surface area (Å²) < 4.78 is 5.24. The highest BCUT2D eigenvalue weighted by Gasteiger charge is 2.22. The van der Waals surface area contributed by atoms with Crippen LogP contribution in [-0.2, 0) is 6.42 Å². The topological polar surface area (TPSA) is 55.0 Å². The Morgan fingerprint density at radius 2 is 2.17 bits per heavy atom. The summed E-state index contributed by atoms with van der Waals surface area (Å²) in [7, 11) is 1.64. The van der Waals surface area contributed by atoms with Gasteiger partial charge in [-0.25, -0.2) is 4.98 Å². The predicted octanol–water partition coefficient (Wildman–Crippen LogP) is 3.78. The van der Waals surface area contributed by atoms with Gasteiger partial charge in [-0.3, -0.25) is 4.79 Å². The lowest BCUT2D eigenvalue weighted by Crippen LogP contribution is -2.14. The summed E-state index contributed by atoms with van der Waals surface area (Å²) in [6, 6.07) is 9.58. The molecule has 0 atom stereocenters. The number of hydrogen-bond acceptors (Lipinski definition) is 3. The first kappa shape index (κ1) is 13.8. The van der Waals surface area contributed by atoms with Gasteiger partial charge in [-0.05, 0) is 54.8 Å². The van der Waals surface area contributed by atoms with Crippen LogP contribution in [0.4, 0.5) is 0 Å². The van der Waals surface area contributed by atoms with E-state index in [2.05, 4.69) is 9.97 Å². The summed E-state index contributed by atoms with van der Waals surface area (Å²) in [6.07, 6.45) is 7.24. The number of aromatic nitrogens is 2. The summed E-state index contributed by atoms with van der Waals surface area (Å²) in [5.74, 6) is 0.902. The van der Waals surface area contributed by atoms with Crippen LogP contribution in [0.15, 0.2) is 48.3 Å². The number of carbonyl (C=O) groups excluding carboxylic acids is 1. The fourth-order valence-electron chi connectivity index (χ4n) is 3.10. The SMILES string of the molecule is COc1ccc2c(c1)CC/C(=C\c1c[nH]c3ncccc13)C2=O. The second kappa shape index (κ2) is 5.39. The monoisotopic (exact) mass is 304 g/mol. The number of ether oxygens (including phenoxy) is 1. The van der Waals surface area contributed by atoms with E-state index in [4.69, 9.17) is 4.74 Å². The summed E-state index contributed by atoms with van der Waals surface area (Å²) in [5.41, 5.74) is 4.53. The van der Waals surface area contributed by atoms with Crippen molar-refractivity contribution in [2.24, 2.45) is 0 Å². The second-order valence-electron chi connectivity index (χ2n) is 5.67. The first-order valence-corrected chi connectivity index (χ1v) is 7.60. The number of benzene rings is 1. The molecule has 1 aliphatic carbocycles. The Labute approximate surface area is 133 Å². The fourth-order valence-corrected chi connectivity index (χ4v) is 3.10. The molecule has 2 aromatic heterocycles. The van der Waals surface area contributed by atoms with Gasteiger partial charge in [0.1, 0.15) is 11.4 Å². The van der Waals surface area contributed by atoms with Gasteiger partial charge in [0.15, 0.2) is 5.78 Å². The molecule has 0 radical (unpaired) electrons. The van der Waals surface area contributed by atoms with Gasteiger partial charge in [0.05, 0.1) is 7.11 Å². The molecule has 4 rings (SSSR count). The highest BCUT2D eigenvalue weighted by atomic mass is 16.5. The molecule has 1 aromatic carbocycles. The molecule has 0 saturated heterocycles. The number of ketones is 1. The summed E-state index contributed by atoms with van der Waals surface area (Å²) in [5, 5.41) is 1.04. The molecular weight excluding hydrogens is 288 g/mol. The minimum Gasteiger partial charge on any atom is -0.497 e. The number of methoxy groups -OCH3 is 1. The van der Waals surface area contributed by atoms with Gasteiger partial charge in [0.25, 0.3) is 0 Å². The zero-order valence-electron chi connectivity index (χ0n) is 12.8. The lowest BCUT2D eigenvalue weighted by atomic mass is 9.86. The highest BCUT2D eigenvalue weighted by Crippen LogP contribution is 2.30. The molecule has 23 heavy (non-hydrogen) atoms. The van der Waals surface area contributed by atoms with E-state index in [1.807, 2.05) is 42.6 Å². The Bertz CT molecular complexity index is 937. The van der Waals surface area contributed by atoms with Crippen molar-refractivity contribution >= 4 is 22.9 Å². The molecule has 0 aliphatic heterocycles. The molecule has 0 unspecified atom stereocenters. The minimum absolute atomic E-state index is 0.104. The number of fused-ring (bicyclic) bond motifs is 2. The maximum atomic E-state index is 12.7. The van der Waals surface area contributed by atoms with E-state index in [1.54, 1.807) is 13.3 Å². The molecule has 0 fully saturated rings. The molecular formula is C19H16N2O2. The van der Waals surface area contributed by atoms with Crippen molar-refractivity contribution in [3.63, 3.8) is 0 Å². The zero-order chi connectivity index (χ0) is 15.8. The van der Waals surface area contributed by atoms with Crippen molar-refractivity contribution in [2.45, 2.75) is 12.8 Å². The van der Waals surface area contributed by atoms with E-state index in [-0.39, 0.29) is 5.78 Å². The van der Waals surface area contributed by atoms with Gasteiger partial charge < -0.3 is 9.72 Å². The van der Waals surface area contributed by atoms with Gasteiger partial charge in [-0.15, -0.1) is 0 Å². The Morgan fingerprint density at radius 1 is 1.26 bits per heavy atom.